The molecule has 0 aliphatic rings. The van der Waals surface area contributed by atoms with E-state index in [-0.39, 0.29) is 11.6 Å². The van der Waals surface area contributed by atoms with E-state index in [1.54, 1.807) is 24.3 Å². The van der Waals surface area contributed by atoms with E-state index in [0.717, 1.165) is 6.42 Å². The molecule has 2 rings (SSSR count). The molecule has 2 amide bonds. The van der Waals surface area contributed by atoms with Gasteiger partial charge < -0.3 is 10.6 Å². The zero-order valence-corrected chi connectivity index (χ0v) is 15.5. The van der Waals surface area contributed by atoms with Crippen molar-refractivity contribution in [1.82, 2.24) is 10.3 Å². The van der Waals surface area contributed by atoms with Gasteiger partial charge in [-0.15, -0.1) is 0 Å². The lowest BCUT2D eigenvalue weighted by Crippen LogP contribution is -2.26. The average molecular weight is 380 g/mol. The molecule has 0 aliphatic carbocycles. The molecule has 0 bridgehead atoms. The number of nitrogens with one attached hydrogen (secondary N) is 2. The van der Waals surface area contributed by atoms with Gasteiger partial charge in [-0.25, -0.2) is 0 Å². The number of benzene rings is 1. The van der Waals surface area contributed by atoms with E-state index in [2.05, 4.69) is 29.5 Å². The van der Waals surface area contributed by atoms with Crippen LogP contribution in [0.1, 0.15) is 41.1 Å². The van der Waals surface area contributed by atoms with Crippen LogP contribution in [0.15, 0.2) is 36.5 Å². The van der Waals surface area contributed by atoms with Crippen molar-refractivity contribution in [2.75, 3.05) is 11.9 Å². The molecule has 0 spiro atoms. The predicted molar refractivity (Wildman–Crippen MR) is 100 cm³/mol. The van der Waals surface area contributed by atoms with Gasteiger partial charge >= 0.3 is 0 Å². The van der Waals surface area contributed by atoms with Gasteiger partial charge in [0.05, 0.1) is 10.0 Å². The van der Waals surface area contributed by atoms with E-state index in [4.69, 9.17) is 23.2 Å². The molecule has 0 saturated heterocycles. The van der Waals surface area contributed by atoms with E-state index in [0.29, 0.717) is 33.8 Å². The van der Waals surface area contributed by atoms with Gasteiger partial charge in [-0.05, 0) is 42.7 Å². The minimum atomic E-state index is -0.435. The lowest BCUT2D eigenvalue weighted by molar-refractivity contribution is 0.0952. The molecule has 25 heavy (non-hydrogen) atoms. The molecule has 1 heterocycles. The third kappa shape index (κ3) is 5.73. The van der Waals surface area contributed by atoms with Crippen molar-refractivity contribution in [2.45, 2.75) is 20.3 Å². The number of pyridine rings is 1. The van der Waals surface area contributed by atoms with Crippen LogP contribution in [-0.4, -0.2) is 23.3 Å². The highest BCUT2D eigenvalue weighted by Gasteiger charge is 2.12. The van der Waals surface area contributed by atoms with E-state index >= 15 is 0 Å². The number of carbonyl (C=O) groups excluding carboxylic acids is 2. The van der Waals surface area contributed by atoms with Crippen molar-refractivity contribution in [3.63, 3.8) is 0 Å². The van der Waals surface area contributed by atoms with Crippen molar-refractivity contribution in [3.05, 3.63) is 57.8 Å². The minimum Gasteiger partial charge on any atom is -0.352 e. The highest BCUT2D eigenvalue weighted by atomic mass is 35.5. The van der Waals surface area contributed by atoms with Crippen molar-refractivity contribution in [3.8, 4) is 0 Å². The van der Waals surface area contributed by atoms with Crippen LogP contribution in [0.3, 0.4) is 0 Å². The van der Waals surface area contributed by atoms with Crippen molar-refractivity contribution in [2.24, 2.45) is 5.92 Å². The van der Waals surface area contributed by atoms with Gasteiger partial charge in [0.25, 0.3) is 11.8 Å². The summed E-state index contributed by atoms with van der Waals surface area (Å²) < 4.78 is 0. The average Bonchev–Trinajstić information content (AvgIpc) is 2.58. The maximum Gasteiger partial charge on any atom is 0.274 e. The first-order valence-corrected chi connectivity index (χ1v) is 8.63. The summed E-state index contributed by atoms with van der Waals surface area (Å²) in [5, 5.41) is 6.24. The molecule has 0 fully saturated rings. The molecule has 2 N–H and O–H groups in total. The smallest absolute Gasteiger partial charge is 0.274 e. The van der Waals surface area contributed by atoms with Crippen LogP contribution in [0.25, 0.3) is 0 Å². The first kappa shape index (κ1) is 19.2. The monoisotopic (exact) mass is 379 g/mol. The molecule has 0 saturated carbocycles. The Balaban J connectivity index is 2.05. The Morgan fingerprint density at radius 2 is 1.84 bits per heavy atom. The summed E-state index contributed by atoms with van der Waals surface area (Å²) >= 11 is 11.8. The maximum absolute atomic E-state index is 12.3. The summed E-state index contributed by atoms with van der Waals surface area (Å²) in [6.45, 7) is 4.76. The molecule has 1 aromatic heterocycles. The number of halogens is 2. The van der Waals surface area contributed by atoms with Gasteiger partial charge in [-0.3, -0.25) is 14.6 Å². The summed E-state index contributed by atoms with van der Waals surface area (Å²) in [4.78, 5) is 28.5. The Kier molecular flexibility index (Phi) is 6.79. The molecule has 0 unspecified atom stereocenters. The molecule has 1 aromatic carbocycles. The van der Waals surface area contributed by atoms with Gasteiger partial charge in [-0.1, -0.05) is 37.0 Å². The summed E-state index contributed by atoms with van der Waals surface area (Å²) in [5.74, 6) is -0.160. The van der Waals surface area contributed by atoms with Gasteiger partial charge in [0.2, 0.25) is 0 Å². The largest absolute Gasteiger partial charge is 0.352 e. The van der Waals surface area contributed by atoms with E-state index in [1.807, 2.05) is 0 Å². The van der Waals surface area contributed by atoms with Crippen LogP contribution in [0, 0.1) is 5.92 Å². The van der Waals surface area contributed by atoms with E-state index in [9.17, 15) is 9.59 Å². The molecule has 0 aliphatic heterocycles. The highest BCUT2D eigenvalue weighted by Crippen LogP contribution is 2.25. The SMILES string of the molecule is CC(C)CCNC(=O)c1ccnc(C(=O)Nc2ccc(Cl)c(Cl)c2)c1. The van der Waals surface area contributed by atoms with E-state index < -0.39 is 5.91 Å². The van der Waals surface area contributed by atoms with Crippen LogP contribution in [0.4, 0.5) is 5.69 Å². The lowest BCUT2D eigenvalue weighted by Gasteiger charge is -2.09. The second-order valence-electron chi connectivity index (χ2n) is 5.95. The van der Waals surface area contributed by atoms with Gasteiger partial charge in [0.15, 0.2) is 0 Å². The number of amides is 2. The third-order valence-corrected chi connectivity index (χ3v) is 4.18. The number of rotatable bonds is 6. The van der Waals surface area contributed by atoms with Crippen molar-refractivity contribution < 1.29 is 9.59 Å². The van der Waals surface area contributed by atoms with Gasteiger partial charge in [0, 0.05) is 24.0 Å². The lowest BCUT2D eigenvalue weighted by atomic mass is 10.1. The number of hydrogen-bond acceptors (Lipinski definition) is 3. The van der Waals surface area contributed by atoms with Crippen molar-refractivity contribution in [1.29, 1.82) is 0 Å². The summed E-state index contributed by atoms with van der Waals surface area (Å²) in [6.07, 6.45) is 2.32. The Morgan fingerprint density at radius 1 is 1.08 bits per heavy atom. The van der Waals surface area contributed by atoms with Crippen LogP contribution in [-0.2, 0) is 0 Å². The number of aromatic nitrogens is 1. The number of anilines is 1. The molecular formula is C18H19Cl2N3O2. The number of hydrogen-bond donors (Lipinski definition) is 2. The molecule has 0 atom stereocenters. The number of carbonyl (C=O) groups is 2. The Morgan fingerprint density at radius 3 is 2.52 bits per heavy atom. The Hall–Kier alpha value is -2.11. The Bertz CT molecular complexity index is 779. The van der Waals surface area contributed by atoms with E-state index in [1.165, 1.54) is 12.3 Å². The standard InChI is InChI=1S/C18H19Cl2N3O2/c1-11(2)5-7-22-17(24)12-6-8-21-16(9-12)18(25)23-13-3-4-14(19)15(20)10-13/h3-4,6,8-11H,5,7H2,1-2H3,(H,22,24)(H,23,25). The van der Waals surface area contributed by atoms with Crippen LogP contribution in [0.2, 0.25) is 10.0 Å². The zero-order valence-electron chi connectivity index (χ0n) is 14.0. The summed E-state index contributed by atoms with van der Waals surface area (Å²) in [7, 11) is 0. The quantitative estimate of drug-likeness (QED) is 0.780. The fourth-order valence-corrected chi connectivity index (χ4v) is 2.34. The second-order valence-corrected chi connectivity index (χ2v) is 6.77. The molecule has 132 valence electrons. The topological polar surface area (TPSA) is 71.1 Å². The minimum absolute atomic E-state index is 0.141. The van der Waals surface area contributed by atoms with Gasteiger partial charge in [0.1, 0.15) is 5.69 Å². The fraction of sp³-hybridized carbons (Fsp3) is 0.278. The molecule has 0 radical (unpaired) electrons. The van der Waals surface area contributed by atoms with Crippen LogP contribution < -0.4 is 10.6 Å². The Labute approximate surface area is 156 Å². The molecule has 2 aromatic rings. The molecule has 5 nitrogen and oxygen atoms in total. The van der Waals surface area contributed by atoms with Crippen LogP contribution >= 0.6 is 23.2 Å². The second kappa shape index (κ2) is 8.83. The highest BCUT2D eigenvalue weighted by molar-refractivity contribution is 6.42. The maximum atomic E-state index is 12.3. The number of nitrogens with zero attached hydrogens (tertiary/aromatic N) is 1. The zero-order chi connectivity index (χ0) is 18.4. The molecular weight excluding hydrogens is 361 g/mol. The summed E-state index contributed by atoms with van der Waals surface area (Å²) in [5.41, 5.74) is 1.02. The summed E-state index contributed by atoms with van der Waals surface area (Å²) in [6, 6.07) is 7.79. The normalized spacial score (nSPS) is 10.6. The van der Waals surface area contributed by atoms with Gasteiger partial charge in [-0.2, -0.15) is 0 Å². The van der Waals surface area contributed by atoms with Crippen molar-refractivity contribution >= 4 is 40.7 Å². The predicted octanol–water partition coefficient (Wildman–Crippen LogP) is 4.42. The molecule has 7 heteroatoms. The first-order chi connectivity index (χ1) is 11.9. The first-order valence-electron chi connectivity index (χ1n) is 7.87. The third-order valence-electron chi connectivity index (χ3n) is 3.44. The fourth-order valence-electron chi connectivity index (χ4n) is 2.04. The van der Waals surface area contributed by atoms with Crippen LogP contribution in [0.5, 0.6) is 0 Å².